The van der Waals surface area contributed by atoms with Crippen LogP contribution < -0.4 is 10.2 Å². The molecule has 1 saturated carbocycles. The number of nitrogens with zero attached hydrogens (tertiary/aromatic N) is 2. The minimum Gasteiger partial charge on any atom is -0.351 e. The van der Waals surface area contributed by atoms with Crippen molar-refractivity contribution in [2.45, 2.75) is 63.6 Å². The Morgan fingerprint density at radius 1 is 1.03 bits per heavy atom. The van der Waals surface area contributed by atoms with Gasteiger partial charge in [-0.2, -0.15) is 0 Å². The van der Waals surface area contributed by atoms with Gasteiger partial charge in [-0.3, -0.25) is 14.5 Å². The molecule has 3 aromatic rings. The van der Waals surface area contributed by atoms with Gasteiger partial charge in [-0.1, -0.05) is 49.9 Å². The van der Waals surface area contributed by atoms with Crippen molar-refractivity contribution in [1.82, 2.24) is 9.88 Å². The molecule has 0 saturated heterocycles. The van der Waals surface area contributed by atoms with Crippen molar-refractivity contribution in [3.63, 3.8) is 0 Å². The molecule has 166 valence electrons. The molecule has 0 radical (unpaired) electrons. The first-order valence-corrected chi connectivity index (χ1v) is 11.5. The lowest BCUT2D eigenvalue weighted by Crippen LogP contribution is -2.65. The van der Waals surface area contributed by atoms with Gasteiger partial charge in [0.05, 0.1) is 6.54 Å². The monoisotopic (exact) mass is 433 g/mol. The molecule has 1 aliphatic heterocycles. The first-order chi connectivity index (χ1) is 15.5. The molecule has 0 spiro atoms. The highest BCUT2D eigenvalue weighted by Gasteiger charge is 2.49. The van der Waals surface area contributed by atoms with Crippen LogP contribution in [0.3, 0.4) is 0 Å². The van der Waals surface area contributed by atoms with Crippen molar-refractivity contribution >= 4 is 28.4 Å². The zero-order valence-electron chi connectivity index (χ0n) is 18.3. The summed E-state index contributed by atoms with van der Waals surface area (Å²) in [6, 6.07) is 15.7. The Balaban J connectivity index is 1.60. The molecule has 2 aromatic carbocycles. The number of carbonyl (C=O) groups is 2. The molecule has 1 fully saturated rings. The predicted molar refractivity (Wildman–Crippen MR) is 123 cm³/mol. The van der Waals surface area contributed by atoms with Crippen LogP contribution in [0.25, 0.3) is 10.9 Å². The molecule has 1 aliphatic carbocycles. The van der Waals surface area contributed by atoms with Crippen molar-refractivity contribution in [1.29, 1.82) is 0 Å². The van der Waals surface area contributed by atoms with Crippen LogP contribution in [0.15, 0.2) is 54.6 Å². The van der Waals surface area contributed by atoms with E-state index in [4.69, 9.17) is 0 Å². The lowest BCUT2D eigenvalue weighted by molar-refractivity contribution is -0.127. The van der Waals surface area contributed by atoms with Gasteiger partial charge in [0.2, 0.25) is 5.91 Å². The summed E-state index contributed by atoms with van der Waals surface area (Å²) in [5.41, 5.74) is 0.634. The minimum atomic E-state index is -1.19. The van der Waals surface area contributed by atoms with E-state index in [9.17, 15) is 14.0 Å². The van der Waals surface area contributed by atoms with Gasteiger partial charge in [0.15, 0.2) is 0 Å². The Kier molecular flexibility index (Phi) is 5.24. The lowest BCUT2D eigenvalue weighted by Gasteiger charge is -2.44. The fraction of sp³-hybridized carbons (Fsp3) is 0.385. The van der Waals surface area contributed by atoms with E-state index in [2.05, 4.69) is 5.32 Å². The molecule has 0 bridgehead atoms. The third-order valence-electron chi connectivity index (χ3n) is 6.94. The first kappa shape index (κ1) is 20.7. The standard InChI is InChI=1S/C26H28FN3O2/c1-26(25(32)28-20-11-4-2-3-5-12-20)17-29-22-14-7-6-9-18(22)15-23(29)24(31)30(26)21-13-8-10-19(27)16-21/h6-10,13-16,20H,2-5,11-12,17H2,1H3,(H,28,32)/t26-/m0/s1. The number of nitrogens with one attached hydrogen (secondary N) is 1. The molecule has 6 heteroatoms. The second-order valence-corrected chi connectivity index (χ2v) is 9.23. The minimum absolute atomic E-state index is 0.106. The molecule has 32 heavy (non-hydrogen) atoms. The summed E-state index contributed by atoms with van der Waals surface area (Å²) in [6.45, 7) is 2.09. The van der Waals surface area contributed by atoms with E-state index in [-0.39, 0.29) is 17.9 Å². The van der Waals surface area contributed by atoms with Crippen molar-refractivity contribution < 1.29 is 14.0 Å². The first-order valence-electron chi connectivity index (χ1n) is 11.5. The number of amides is 2. The van der Waals surface area contributed by atoms with Crippen molar-refractivity contribution in [2.24, 2.45) is 0 Å². The van der Waals surface area contributed by atoms with Gasteiger partial charge in [-0.15, -0.1) is 0 Å². The number of para-hydroxylation sites is 1. The SMILES string of the molecule is C[C@@]1(C(=O)NC2CCCCCC2)Cn2c(cc3ccccc32)C(=O)N1c1cccc(F)c1. The summed E-state index contributed by atoms with van der Waals surface area (Å²) < 4.78 is 16.1. The normalized spacial score (nSPS) is 21.9. The predicted octanol–water partition coefficient (Wildman–Crippen LogP) is 5.04. The number of rotatable bonds is 3. The quantitative estimate of drug-likeness (QED) is 0.589. The lowest BCUT2D eigenvalue weighted by atomic mass is 9.92. The van der Waals surface area contributed by atoms with Crippen LogP contribution in [0.5, 0.6) is 0 Å². The Bertz CT molecular complexity index is 1180. The molecular formula is C26H28FN3O2. The van der Waals surface area contributed by atoms with Crippen LogP contribution in [0.2, 0.25) is 0 Å². The maximum atomic E-state index is 14.1. The summed E-state index contributed by atoms with van der Waals surface area (Å²) in [5.74, 6) is -0.921. The number of hydrogen-bond donors (Lipinski definition) is 1. The van der Waals surface area contributed by atoms with E-state index in [0.29, 0.717) is 17.9 Å². The van der Waals surface area contributed by atoms with Gasteiger partial charge < -0.3 is 9.88 Å². The molecule has 5 nitrogen and oxygen atoms in total. The number of benzene rings is 2. The molecule has 1 aromatic heterocycles. The smallest absolute Gasteiger partial charge is 0.275 e. The zero-order chi connectivity index (χ0) is 22.3. The molecule has 2 aliphatic rings. The summed E-state index contributed by atoms with van der Waals surface area (Å²) in [7, 11) is 0. The van der Waals surface area contributed by atoms with Crippen molar-refractivity contribution in [2.75, 3.05) is 4.90 Å². The molecule has 5 rings (SSSR count). The highest BCUT2D eigenvalue weighted by atomic mass is 19.1. The molecule has 2 amide bonds. The molecule has 2 heterocycles. The van der Waals surface area contributed by atoms with Crippen LogP contribution in [0.4, 0.5) is 10.1 Å². The fourth-order valence-electron chi connectivity index (χ4n) is 5.23. The topological polar surface area (TPSA) is 54.3 Å². The largest absolute Gasteiger partial charge is 0.351 e. The Hall–Kier alpha value is -3.15. The van der Waals surface area contributed by atoms with Gasteiger partial charge in [-0.25, -0.2) is 4.39 Å². The highest BCUT2D eigenvalue weighted by molar-refractivity contribution is 6.14. The second-order valence-electron chi connectivity index (χ2n) is 9.23. The van der Waals surface area contributed by atoms with Gasteiger partial charge in [-0.05, 0) is 50.1 Å². The van der Waals surface area contributed by atoms with E-state index in [1.165, 1.54) is 29.9 Å². The number of halogens is 1. The molecule has 1 N–H and O–H groups in total. The van der Waals surface area contributed by atoms with Crippen LogP contribution in [-0.2, 0) is 11.3 Å². The van der Waals surface area contributed by atoms with Crippen molar-refractivity contribution in [3.8, 4) is 0 Å². The second kappa shape index (κ2) is 8.08. The molecular weight excluding hydrogens is 405 g/mol. The average Bonchev–Trinajstić information content (AvgIpc) is 2.95. The fourth-order valence-corrected chi connectivity index (χ4v) is 5.23. The van der Waals surface area contributed by atoms with Crippen molar-refractivity contribution in [3.05, 3.63) is 66.1 Å². The van der Waals surface area contributed by atoms with E-state index >= 15 is 0 Å². The van der Waals surface area contributed by atoms with E-state index in [1.807, 2.05) is 34.9 Å². The number of fused-ring (bicyclic) bond motifs is 3. The zero-order valence-corrected chi connectivity index (χ0v) is 18.3. The third kappa shape index (κ3) is 3.48. The third-order valence-corrected chi connectivity index (χ3v) is 6.94. The average molecular weight is 434 g/mol. The van der Waals surface area contributed by atoms with E-state index in [1.54, 1.807) is 19.1 Å². The van der Waals surface area contributed by atoms with Crippen LogP contribution in [0.1, 0.15) is 55.9 Å². The maximum Gasteiger partial charge on any atom is 0.275 e. The Morgan fingerprint density at radius 2 is 1.78 bits per heavy atom. The van der Waals surface area contributed by atoms with Gasteiger partial charge >= 0.3 is 0 Å². The summed E-state index contributed by atoms with van der Waals surface area (Å²) in [6.07, 6.45) is 6.48. The Labute approximate surface area is 187 Å². The molecule has 0 unspecified atom stereocenters. The van der Waals surface area contributed by atoms with Crippen LogP contribution in [0, 0.1) is 5.82 Å². The number of carbonyl (C=O) groups excluding carboxylic acids is 2. The number of aromatic nitrogens is 1. The van der Waals surface area contributed by atoms with Gasteiger partial charge in [0.25, 0.3) is 5.91 Å². The molecule has 1 atom stereocenters. The van der Waals surface area contributed by atoms with E-state index in [0.717, 1.165) is 36.6 Å². The maximum absolute atomic E-state index is 14.1. The highest BCUT2D eigenvalue weighted by Crippen LogP contribution is 2.36. The summed E-state index contributed by atoms with van der Waals surface area (Å²) >= 11 is 0. The number of hydrogen-bond acceptors (Lipinski definition) is 2. The summed E-state index contributed by atoms with van der Waals surface area (Å²) in [4.78, 5) is 29.0. The van der Waals surface area contributed by atoms with E-state index < -0.39 is 11.4 Å². The Morgan fingerprint density at radius 3 is 2.53 bits per heavy atom. The van der Waals surface area contributed by atoms with Gasteiger partial charge in [0, 0.05) is 22.6 Å². The van der Waals surface area contributed by atoms with Gasteiger partial charge in [0.1, 0.15) is 17.1 Å². The van der Waals surface area contributed by atoms with Crippen LogP contribution >= 0.6 is 0 Å². The summed E-state index contributed by atoms with van der Waals surface area (Å²) in [5, 5.41) is 4.18. The number of anilines is 1. The van der Waals surface area contributed by atoms with Crippen LogP contribution in [-0.4, -0.2) is 28.0 Å².